The van der Waals surface area contributed by atoms with E-state index in [2.05, 4.69) is 46.1 Å². The van der Waals surface area contributed by atoms with Crippen molar-refractivity contribution in [1.82, 2.24) is 24.6 Å². The maximum atomic E-state index is 4.29. The summed E-state index contributed by atoms with van der Waals surface area (Å²) in [5, 5.41) is 7.36. The normalized spacial score (nSPS) is 11.0. The maximum Gasteiger partial charge on any atom is 0.146 e. The number of nitrogens with one attached hydrogen (secondary N) is 1. The number of aromatic nitrogens is 4. The number of rotatable bonds is 5. The van der Waals surface area contributed by atoms with E-state index in [4.69, 9.17) is 0 Å². The van der Waals surface area contributed by atoms with E-state index in [9.17, 15) is 0 Å². The number of nitrogens with zero attached hydrogens (tertiary/aromatic N) is 4. The summed E-state index contributed by atoms with van der Waals surface area (Å²) in [5.41, 5.74) is 2.61. The summed E-state index contributed by atoms with van der Waals surface area (Å²) in [7, 11) is 1.96. The van der Waals surface area contributed by atoms with Gasteiger partial charge in [-0.1, -0.05) is 0 Å². The van der Waals surface area contributed by atoms with Crippen molar-refractivity contribution < 1.29 is 0 Å². The first-order chi connectivity index (χ1) is 8.26. The van der Waals surface area contributed by atoms with Gasteiger partial charge in [-0.05, 0) is 32.5 Å². The molecule has 0 saturated heterocycles. The highest BCUT2D eigenvalue weighted by Crippen LogP contribution is 2.11. The Hall–Kier alpha value is -1.62. The Labute approximate surface area is 101 Å². The fourth-order valence-corrected chi connectivity index (χ4v) is 1.97. The van der Waals surface area contributed by atoms with Crippen LogP contribution in [0.3, 0.4) is 0 Å². The standard InChI is InChI=1S/C12H19N5/c1-4-17-12(14-9-15-17)8-16-6-5-11(7-13-3)10(16)2/h5-6,9,13H,4,7-8H2,1-3H3. The van der Waals surface area contributed by atoms with Gasteiger partial charge in [-0.2, -0.15) is 5.10 Å². The van der Waals surface area contributed by atoms with Crippen molar-refractivity contribution in [3.8, 4) is 0 Å². The zero-order valence-corrected chi connectivity index (χ0v) is 10.6. The van der Waals surface area contributed by atoms with Gasteiger partial charge in [0.05, 0.1) is 6.54 Å². The first-order valence-corrected chi connectivity index (χ1v) is 5.92. The first-order valence-electron chi connectivity index (χ1n) is 5.92. The third kappa shape index (κ3) is 2.39. The molecule has 2 rings (SSSR count). The molecule has 0 fully saturated rings. The molecule has 0 radical (unpaired) electrons. The van der Waals surface area contributed by atoms with Gasteiger partial charge in [0.1, 0.15) is 12.2 Å². The molecule has 0 aromatic carbocycles. The lowest BCUT2D eigenvalue weighted by Crippen LogP contribution is -2.11. The Morgan fingerprint density at radius 2 is 2.24 bits per heavy atom. The number of aryl methyl sites for hydroxylation is 1. The average molecular weight is 233 g/mol. The summed E-state index contributed by atoms with van der Waals surface area (Å²) in [6.45, 7) is 6.76. The lowest BCUT2D eigenvalue weighted by atomic mass is 10.2. The van der Waals surface area contributed by atoms with E-state index < -0.39 is 0 Å². The highest BCUT2D eigenvalue weighted by Gasteiger charge is 2.07. The summed E-state index contributed by atoms with van der Waals surface area (Å²) < 4.78 is 4.14. The third-order valence-electron chi connectivity index (χ3n) is 3.03. The minimum atomic E-state index is 0.781. The molecule has 0 spiro atoms. The molecule has 0 aliphatic heterocycles. The van der Waals surface area contributed by atoms with Crippen molar-refractivity contribution in [2.24, 2.45) is 0 Å². The Morgan fingerprint density at radius 3 is 2.94 bits per heavy atom. The predicted molar refractivity (Wildman–Crippen MR) is 66.7 cm³/mol. The molecule has 0 amide bonds. The van der Waals surface area contributed by atoms with Crippen LogP contribution in [0, 0.1) is 6.92 Å². The molecule has 92 valence electrons. The van der Waals surface area contributed by atoms with Crippen LogP contribution in [0.4, 0.5) is 0 Å². The van der Waals surface area contributed by atoms with Gasteiger partial charge in [0, 0.05) is 25.0 Å². The molecule has 5 heteroatoms. The van der Waals surface area contributed by atoms with Crippen LogP contribution in [-0.4, -0.2) is 26.4 Å². The van der Waals surface area contributed by atoms with Crippen LogP contribution in [0.2, 0.25) is 0 Å². The molecule has 2 aromatic heterocycles. The van der Waals surface area contributed by atoms with Crippen molar-refractivity contribution in [3.05, 3.63) is 35.7 Å². The molecule has 0 atom stereocenters. The van der Waals surface area contributed by atoms with Crippen LogP contribution in [0.25, 0.3) is 0 Å². The number of hydrogen-bond acceptors (Lipinski definition) is 3. The first kappa shape index (κ1) is 11.9. The highest BCUT2D eigenvalue weighted by molar-refractivity contribution is 5.21. The van der Waals surface area contributed by atoms with Gasteiger partial charge in [-0.15, -0.1) is 0 Å². The maximum absolute atomic E-state index is 4.29. The average Bonchev–Trinajstić information content (AvgIpc) is 2.91. The molecule has 0 saturated carbocycles. The molecule has 5 nitrogen and oxygen atoms in total. The van der Waals surface area contributed by atoms with E-state index >= 15 is 0 Å². The SMILES string of the molecule is CCn1ncnc1Cn1ccc(CNC)c1C. The topological polar surface area (TPSA) is 47.7 Å². The lowest BCUT2D eigenvalue weighted by Gasteiger charge is -2.08. The second kappa shape index (κ2) is 5.14. The molecule has 2 heterocycles. The van der Waals surface area contributed by atoms with Crippen LogP contribution in [0.15, 0.2) is 18.6 Å². The van der Waals surface area contributed by atoms with E-state index in [1.165, 1.54) is 11.3 Å². The Balaban J connectivity index is 2.19. The van der Waals surface area contributed by atoms with E-state index in [1.807, 2.05) is 11.7 Å². The summed E-state index contributed by atoms with van der Waals surface area (Å²) in [5.74, 6) is 1.00. The van der Waals surface area contributed by atoms with E-state index in [-0.39, 0.29) is 0 Å². The molecule has 0 bridgehead atoms. The molecule has 0 aliphatic rings. The van der Waals surface area contributed by atoms with Crippen LogP contribution >= 0.6 is 0 Å². The van der Waals surface area contributed by atoms with Gasteiger partial charge < -0.3 is 9.88 Å². The quantitative estimate of drug-likeness (QED) is 0.843. The van der Waals surface area contributed by atoms with E-state index in [0.29, 0.717) is 0 Å². The summed E-state index contributed by atoms with van der Waals surface area (Å²) in [6.07, 6.45) is 3.73. The molecule has 2 aromatic rings. The zero-order valence-electron chi connectivity index (χ0n) is 10.6. The van der Waals surface area contributed by atoms with Crippen LogP contribution in [0.5, 0.6) is 0 Å². The van der Waals surface area contributed by atoms with Crippen LogP contribution in [-0.2, 0) is 19.6 Å². The lowest BCUT2D eigenvalue weighted by molar-refractivity contribution is 0.588. The Morgan fingerprint density at radius 1 is 1.41 bits per heavy atom. The van der Waals surface area contributed by atoms with E-state index in [0.717, 1.165) is 25.5 Å². The van der Waals surface area contributed by atoms with Gasteiger partial charge in [0.2, 0.25) is 0 Å². The van der Waals surface area contributed by atoms with Crippen molar-refractivity contribution in [2.75, 3.05) is 7.05 Å². The number of hydrogen-bond donors (Lipinski definition) is 1. The fourth-order valence-electron chi connectivity index (χ4n) is 1.97. The van der Waals surface area contributed by atoms with Crippen molar-refractivity contribution in [3.63, 3.8) is 0 Å². The van der Waals surface area contributed by atoms with Gasteiger partial charge in [-0.25, -0.2) is 9.67 Å². The van der Waals surface area contributed by atoms with Crippen molar-refractivity contribution in [2.45, 2.75) is 33.5 Å². The Bertz CT molecular complexity index is 483. The smallest absolute Gasteiger partial charge is 0.146 e. The van der Waals surface area contributed by atoms with Gasteiger partial charge >= 0.3 is 0 Å². The molecule has 0 unspecified atom stereocenters. The molecular formula is C12H19N5. The fraction of sp³-hybridized carbons (Fsp3) is 0.500. The van der Waals surface area contributed by atoms with Crippen LogP contribution in [0.1, 0.15) is 24.0 Å². The molecular weight excluding hydrogens is 214 g/mol. The summed E-state index contributed by atoms with van der Waals surface area (Å²) in [6, 6.07) is 2.15. The summed E-state index contributed by atoms with van der Waals surface area (Å²) in [4.78, 5) is 4.29. The minimum absolute atomic E-state index is 0.781. The second-order valence-corrected chi connectivity index (χ2v) is 4.08. The van der Waals surface area contributed by atoms with Crippen molar-refractivity contribution >= 4 is 0 Å². The molecule has 17 heavy (non-hydrogen) atoms. The minimum Gasteiger partial charge on any atom is -0.344 e. The third-order valence-corrected chi connectivity index (χ3v) is 3.03. The zero-order chi connectivity index (χ0) is 12.3. The Kier molecular flexibility index (Phi) is 3.58. The van der Waals surface area contributed by atoms with Crippen molar-refractivity contribution in [1.29, 1.82) is 0 Å². The second-order valence-electron chi connectivity index (χ2n) is 4.08. The van der Waals surface area contributed by atoms with Gasteiger partial charge in [0.25, 0.3) is 0 Å². The van der Waals surface area contributed by atoms with Gasteiger partial charge in [-0.3, -0.25) is 0 Å². The van der Waals surface area contributed by atoms with E-state index in [1.54, 1.807) is 6.33 Å². The highest BCUT2D eigenvalue weighted by atomic mass is 15.3. The van der Waals surface area contributed by atoms with Crippen LogP contribution < -0.4 is 5.32 Å². The molecule has 0 aliphatic carbocycles. The van der Waals surface area contributed by atoms with Gasteiger partial charge in [0.15, 0.2) is 0 Å². The molecule has 1 N–H and O–H groups in total. The monoisotopic (exact) mass is 233 g/mol. The predicted octanol–water partition coefficient (Wildman–Crippen LogP) is 1.18. The largest absolute Gasteiger partial charge is 0.344 e. The summed E-state index contributed by atoms with van der Waals surface area (Å²) >= 11 is 0.